The molecule has 0 radical (unpaired) electrons. The molecule has 5 aromatic heterocycles. The molecule has 2 aliphatic carbocycles. The van der Waals surface area contributed by atoms with Gasteiger partial charge in [-0.2, -0.15) is 8.75 Å². The molecule has 0 fully saturated rings. The van der Waals surface area contributed by atoms with Crippen molar-refractivity contribution in [1.29, 1.82) is 0 Å². The van der Waals surface area contributed by atoms with Gasteiger partial charge in [-0.15, -0.1) is 22.7 Å². The van der Waals surface area contributed by atoms with Crippen molar-refractivity contribution in [1.82, 2.24) is 17.9 Å². The van der Waals surface area contributed by atoms with Crippen molar-refractivity contribution < 1.29 is 0 Å². The third kappa shape index (κ3) is 17.5. The lowest BCUT2D eigenvalue weighted by molar-refractivity contribution is 0.398. The van der Waals surface area contributed by atoms with Gasteiger partial charge in [0, 0.05) is 74.4 Å². The quantitative estimate of drug-likeness (QED) is 0.0362. The summed E-state index contributed by atoms with van der Waals surface area (Å²) in [4.78, 5) is 5.02. The van der Waals surface area contributed by atoms with Crippen LogP contribution in [0, 0.1) is 0 Å². The van der Waals surface area contributed by atoms with Crippen LogP contribution in [-0.4, -0.2) is 17.9 Å². The highest BCUT2D eigenvalue weighted by Gasteiger charge is 2.45. The molecule has 22 aromatic rings. The average Bonchev–Trinajstić information content (AvgIpc) is 1.55. The van der Waals surface area contributed by atoms with Crippen molar-refractivity contribution in [2.75, 3.05) is 0 Å². The van der Waals surface area contributed by atoms with Crippen LogP contribution in [0.4, 0.5) is 0 Å². The fourth-order valence-corrected chi connectivity index (χ4v) is 27.7. The first kappa shape index (κ1) is 92.0. The minimum absolute atomic E-state index is 0.175. The van der Waals surface area contributed by atoms with E-state index in [0.29, 0.717) is 0 Å². The van der Waals surface area contributed by atoms with E-state index in [1.165, 1.54) is 384 Å². The highest BCUT2D eigenvalue weighted by atomic mass is 32.1. The first-order chi connectivity index (χ1) is 70.7. The number of benzene rings is 17. The maximum atomic E-state index is 5.23. The summed E-state index contributed by atoms with van der Waals surface area (Å²) < 4.78 is 15.7. The van der Waals surface area contributed by atoms with Gasteiger partial charge < -0.3 is 9.13 Å². The maximum Gasteiger partial charge on any atom is 0.114 e. The molecule has 0 bridgehead atoms. The number of hydrogen-bond donors (Lipinski definition) is 0. The molecule has 0 N–H and O–H groups in total. The molecule has 708 valence electrons. The standard InChI is InChI=1S/C136H126N4S3/c1-5-9-13-17-21-33-75-135(76-34-22-18-14-10-6-2)121-87-107(53-61-111(121)113-63-59-109(89-123(113)135)139-125-67-55-103(99-49-45-91-37-25-29-41-95(91)79-99)83-117(125)118-84-104(56-68-126(118)139)100-50-46-92-38-26-30-42-96(92)80-100)129-71-73-131(141-129)115-65-66-116(134-133(115)137-143-138-134)132-74-72-130(142-132)108-54-62-112-114-64-60-110(90-124(114)136(122(112)88-108,77-35-23-19-15-11-7-3)78-36-24-20-16-12-8-4)140-127-69-57-105(101-51-47-93-39-27-31-43-97(93)81-101)85-119(127)120-86-106(58-70-128(120)140)102-52-48-94-40-28-32-44-98(94)82-102/h25-32,37-74,79-90H,5-24,33-36,75-78H2,1-4H3. The van der Waals surface area contributed by atoms with E-state index in [9.17, 15) is 0 Å². The van der Waals surface area contributed by atoms with E-state index in [2.05, 4.69) is 389 Å². The minimum atomic E-state index is -0.175. The number of hydrogen-bond acceptors (Lipinski definition) is 5. The smallest absolute Gasteiger partial charge is 0.114 e. The fourth-order valence-electron chi connectivity index (χ4n) is 25.0. The van der Waals surface area contributed by atoms with Crippen molar-refractivity contribution in [2.24, 2.45) is 0 Å². The Morgan fingerprint density at radius 3 is 0.755 bits per heavy atom. The number of nitrogens with zero attached hydrogens (tertiary/aromatic N) is 4. The van der Waals surface area contributed by atoms with E-state index in [-0.39, 0.29) is 10.8 Å². The summed E-state index contributed by atoms with van der Waals surface area (Å²) in [5, 5.41) is 15.2. The Bertz CT molecular complexity index is 7730. The monoisotopic (exact) mass is 1910 g/mol. The van der Waals surface area contributed by atoms with Crippen molar-refractivity contribution >= 4 is 132 Å². The molecule has 0 aliphatic heterocycles. The van der Waals surface area contributed by atoms with Crippen LogP contribution in [0.3, 0.4) is 0 Å². The molecule has 17 aromatic carbocycles. The Hall–Kier alpha value is -13.4. The molecule has 5 heterocycles. The van der Waals surface area contributed by atoms with Crippen molar-refractivity contribution in [3.8, 4) is 120 Å². The normalized spacial score (nSPS) is 13.1. The minimum Gasteiger partial charge on any atom is -0.309 e. The van der Waals surface area contributed by atoms with Crippen LogP contribution in [-0.2, 0) is 10.8 Å². The molecule has 0 saturated heterocycles. The topological polar surface area (TPSA) is 35.6 Å². The Balaban J connectivity index is 0.569. The largest absolute Gasteiger partial charge is 0.309 e. The van der Waals surface area contributed by atoms with E-state index in [1.807, 2.05) is 22.7 Å². The molecule has 2 aliphatic rings. The summed E-state index contributed by atoms with van der Waals surface area (Å²) >= 11 is 5.16. The number of rotatable bonds is 38. The first-order valence-electron chi connectivity index (χ1n) is 53.9. The predicted molar refractivity (Wildman–Crippen MR) is 620 cm³/mol. The molecule has 24 rings (SSSR count). The molecular weight excluding hydrogens is 1790 g/mol. The summed E-state index contributed by atoms with van der Waals surface area (Å²) in [6.07, 6.45) is 34.8. The summed E-state index contributed by atoms with van der Waals surface area (Å²) in [7, 11) is 0. The van der Waals surface area contributed by atoms with Gasteiger partial charge in [-0.1, -0.05) is 400 Å². The van der Waals surface area contributed by atoms with E-state index in [0.717, 1.165) is 47.8 Å². The number of unbranched alkanes of at least 4 members (excludes halogenated alkanes) is 20. The van der Waals surface area contributed by atoms with Crippen LogP contribution in [0.1, 0.15) is 230 Å². The fraction of sp³-hybridized carbons (Fsp3) is 0.250. The van der Waals surface area contributed by atoms with E-state index in [4.69, 9.17) is 8.75 Å². The number of thiophene rings is 2. The third-order valence-electron chi connectivity index (χ3n) is 32.6. The van der Waals surface area contributed by atoms with Gasteiger partial charge >= 0.3 is 0 Å². The molecule has 0 atom stereocenters. The van der Waals surface area contributed by atoms with E-state index < -0.39 is 0 Å². The van der Waals surface area contributed by atoms with Crippen molar-refractivity contribution in [3.63, 3.8) is 0 Å². The maximum absolute atomic E-state index is 5.23. The Morgan fingerprint density at radius 2 is 0.448 bits per heavy atom. The molecule has 0 amide bonds. The van der Waals surface area contributed by atoms with Crippen LogP contribution in [0.2, 0.25) is 0 Å². The van der Waals surface area contributed by atoms with Crippen molar-refractivity contribution in [3.05, 3.63) is 374 Å². The van der Waals surface area contributed by atoms with Gasteiger partial charge in [0.1, 0.15) is 11.0 Å². The van der Waals surface area contributed by atoms with Gasteiger partial charge in [-0.3, -0.25) is 0 Å². The average molecular weight is 1910 g/mol. The Labute approximate surface area is 855 Å². The highest BCUT2D eigenvalue weighted by Crippen LogP contribution is 2.60. The second-order valence-electron chi connectivity index (χ2n) is 41.5. The zero-order chi connectivity index (χ0) is 95.9. The molecule has 7 heteroatoms. The second kappa shape index (κ2) is 40.4. The third-order valence-corrected chi connectivity index (χ3v) is 35.5. The number of fused-ring (bicyclic) bond motifs is 17. The first-order valence-corrected chi connectivity index (χ1v) is 56.2. The van der Waals surface area contributed by atoms with Gasteiger partial charge in [-0.05, 0) is 302 Å². The molecule has 0 unspecified atom stereocenters. The SMILES string of the molecule is CCCCCCCCC1(CCCCCCCC)c2cc(-c3ccc(-c4ccc(-c5ccc(-c6ccc7c(c6)C(CCCCCCCC)(CCCCCCCC)c6cc(-n8c9ccc(-c%10ccc%11ccccc%11c%10)cc9c9cc(-c%10ccc%11ccccc%11c%10)ccc98)ccc6-7)s5)c5nsnc45)s3)ccc2-c2ccc(-n3c4ccc(-c5ccc6ccccc6c5)cc4c4cc(-c5ccc6ccccc6c5)ccc43)cc21. The number of aromatic nitrogens is 4. The lowest BCUT2D eigenvalue weighted by atomic mass is 9.70. The van der Waals surface area contributed by atoms with Gasteiger partial charge in [-0.25, -0.2) is 0 Å². The predicted octanol–water partition coefficient (Wildman–Crippen LogP) is 41.5. The van der Waals surface area contributed by atoms with Crippen LogP contribution < -0.4 is 0 Å². The van der Waals surface area contributed by atoms with Gasteiger partial charge in [0.2, 0.25) is 0 Å². The summed E-state index contributed by atoms with van der Waals surface area (Å²) in [5.74, 6) is 0. The van der Waals surface area contributed by atoms with Crippen LogP contribution >= 0.6 is 34.4 Å². The lowest BCUT2D eigenvalue weighted by Crippen LogP contribution is -2.26. The van der Waals surface area contributed by atoms with Gasteiger partial charge in [0.25, 0.3) is 0 Å². The summed E-state index contributed by atoms with van der Waals surface area (Å²) in [6, 6.07) is 137. The Kier molecular flexibility index (Phi) is 26.0. The van der Waals surface area contributed by atoms with E-state index >= 15 is 0 Å². The highest BCUT2D eigenvalue weighted by molar-refractivity contribution is 7.19. The van der Waals surface area contributed by atoms with E-state index in [1.54, 1.807) is 0 Å². The van der Waals surface area contributed by atoms with Crippen LogP contribution in [0.25, 0.3) is 218 Å². The summed E-state index contributed by atoms with van der Waals surface area (Å²) in [5.41, 5.74) is 35.4. The van der Waals surface area contributed by atoms with Crippen molar-refractivity contribution in [2.45, 2.75) is 218 Å². The summed E-state index contributed by atoms with van der Waals surface area (Å²) in [6.45, 7) is 9.39. The molecular formula is C136H126N4S3. The molecule has 0 saturated carbocycles. The van der Waals surface area contributed by atoms with Crippen LogP contribution in [0.5, 0.6) is 0 Å². The van der Waals surface area contributed by atoms with Gasteiger partial charge in [0.05, 0.1) is 33.8 Å². The molecule has 0 spiro atoms. The molecule has 143 heavy (non-hydrogen) atoms. The lowest BCUT2D eigenvalue weighted by Gasteiger charge is -2.33. The Morgan fingerprint density at radius 1 is 0.203 bits per heavy atom. The van der Waals surface area contributed by atoms with Gasteiger partial charge in [0.15, 0.2) is 0 Å². The van der Waals surface area contributed by atoms with Crippen LogP contribution in [0.15, 0.2) is 352 Å². The zero-order valence-electron chi connectivity index (χ0n) is 83.3. The zero-order valence-corrected chi connectivity index (χ0v) is 85.7. The molecule has 4 nitrogen and oxygen atoms in total. The second-order valence-corrected chi connectivity index (χ2v) is 44.2.